The molecule has 0 radical (unpaired) electrons. The predicted octanol–water partition coefficient (Wildman–Crippen LogP) is 22.8. The number of hydrogen-bond donors (Lipinski definition) is 0. The van der Waals surface area contributed by atoms with Gasteiger partial charge in [0.1, 0.15) is 0 Å². The van der Waals surface area contributed by atoms with Crippen LogP contribution >= 0.6 is 22.9 Å². The van der Waals surface area contributed by atoms with Crippen LogP contribution in [0, 0.1) is 6.92 Å². The number of aryl methyl sites for hydroxylation is 1. The van der Waals surface area contributed by atoms with E-state index >= 15 is 0 Å². The molecule has 0 atom stereocenters. The van der Waals surface area contributed by atoms with E-state index in [9.17, 15) is 0 Å². The van der Waals surface area contributed by atoms with Crippen molar-refractivity contribution < 1.29 is 0 Å². The van der Waals surface area contributed by atoms with Gasteiger partial charge in [0.2, 0.25) is 0 Å². The zero-order valence-electron chi connectivity index (χ0n) is 47.2. The number of nitrogens with zero attached hydrogens (tertiary/aromatic N) is 2. The minimum atomic E-state index is -0.0219. The molecule has 386 valence electrons. The molecule has 4 heteroatoms. The highest BCUT2D eigenvalue weighted by Gasteiger charge is 2.28. The number of thiophene rings is 1. The minimum Gasteiger partial charge on any atom is -0.309 e. The van der Waals surface area contributed by atoms with E-state index in [0.29, 0.717) is 5.02 Å². The fourth-order valence-corrected chi connectivity index (χ4v) is 12.2. The molecule has 0 aliphatic rings. The van der Waals surface area contributed by atoms with Crippen LogP contribution in [0.25, 0.3) is 64.7 Å². The SMILES string of the molecule is Cc1ccc(-c2ccc3c4ccccc4c4ccccc4c3c2)cc1N(c1ccc(-c2cc(C(C)(C)C)cc(C(C)(C)C)c2)cc1)c1cccc(N(c2ccc(C(C)(C)C)cc2)c2csc3ccc(C(C)(C)C)cc23)c1Cl. The quantitative estimate of drug-likeness (QED) is 0.140. The van der Waals surface area contributed by atoms with Gasteiger partial charge in [0, 0.05) is 32.5 Å². The molecule has 11 aromatic rings. The first kappa shape index (κ1) is 51.9. The molecule has 0 saturated heterocycles. The van der Waals surface area contributed by atoms with Crippen LogP contribution in [0.3, 0.4) is 0 Å². The van der Waals surface area contributed by atoms with Crippen LogP contribution in [0.5, 0.6) is 0 Å². The number of halogens is 1. The molecule has 2 nitrogen and oxygen atoms in total. The molecule has 0 unspecified atom stereocenters. The predicted molar refractivity (Wildman–Crippen MR) is 339 cm³/mol. The third-order valence-electron chi connectivity index (χ3n) is 15.7. The molecule has 0 saturated carbocycles. The molecule has 0 amide bonds. The Morgan fingerprint density at radius 3 is 1.32 bits per heavy atom. The minimum absolute atomic E-state index is 0.000652. The van der Waals surface area contributed by atoms with Gasteiger partial charge in [-0.1, -0.05) is 222 Å². The van der Waals surface area contributed by atoms with E-state index < -0.39 is 0 Å². The monoisotopic (exact) mass is 1040 g/mol. The van der Waals surface area contributed by atoms with E-state index in [1.165, 1.54) is 75.8 Å². The van der Waals surface area contributed by atoms with Gasteiger partial charge in [0.15, 0.2) is 0 Å². The fraction of sp³-hybridized carbons (Fsp3) is 0.233. The lowest BCUT2D eigenvalue weighted by Gasteiger charge is -2.32. The van der Waals surface area contributed by atoms with Crippen LogP contribution in [0.15, 0.2) is 193 Å². The van der Waals surface area contributed by atoms with Crippen molar-refractivity contribution in [3.8, 4) is 22.3 Å². The first-order valence-corrected chi connectivity index (χ1v) is 28.5. The van der Waals surface area contributed by atoms with Crippen LogP contribution in [0.2, 0.25) is 5.02 Å². The summed E-state index contributed by atoms with van der Waals surface area (Å²) in [5, 5.41) is 11.8. The highest BCUT2D eigenvalue weighted by atomic mass is 35.5. The summed E-state index contributed by atoms with van der Waals surface area (Å²) in [6.07, 6.45) is 0. The molecular weight excluding hydrogens is 972 g/mol. The van der Waals surface area contributed by atoms with Crippen molar-refractivity contribution in [1.82, 2.24) is 0 Å². The number of rotatable bonds is 8. The molecule has 1 aromatic heterocycles. The van der Waals surface area contributed by atoms with Crippen molar-refractivity contribution in [3.63, 3.8) is 0 Å². The van der Waals surface area contributed by atoms with Gasteiger partial charge in [-0.3, -0.25) is 0 Å². The number of anilines is 6. The highest BCUT2D eigenvalue weighted by molar-refractivity contribution is 7.17. The van der Waals surface area contributed by atoms with E-state index in [4.69, 9.17) is 11.6 Å². The average Bonchev–Trinajstić information content (AvgIpc) is 3.86. The van der Waals surface area contributed by atoms with E-state index in [0.717, 1.165) is 50.8 Å². The molecule has 0 fully saturated rings. The van der Waals surface area contributed by atoms with Crippen LogP contribution < -0.4 is 9.80 Å². The summed E-state index contributed by atoms with van der Waals surface area (Å²) in [6, 6.07) is 70.4. The van der Waals surface area contributed by atoms with Crippen LogP contribution in [-0.4, -0.2) is 0 Å². The molecule has 0 N–H and O–H groups in total. The summed E-state index contributed by atoms with van der Waals surface area (Å²) in [5.41, 5.74) is 17.1. The Labute approximate surface area is 466 Å². The molecule has 0 aliphatic carbocycles. The topological polar surface area (TPSA) is 6.48 Å². The zero-order valence-corrected chi connectivity index (χ0v) is 48.7. The lowest BCUT2D eigenvalue weighted by molar-refractivity contribution is 0.569. The molecule has 0 spiro atoms. The Kier molecular flexibility index (Phi) is 13.1. The van der Waals surface area contributed by atoms with Gasteiger partial charge in [0.25, 0.3) is 0 Å². The van der Waals surface area contributed by atoms with Crippen molar-refractivity contribution in [2.45, 2.75) is 112 Å². The lowest BCUT2D eigenvalue weighted by atomic mass is 9.79. The second-order valence-electron chi connectivity index (χ2n) is 25.4. The summed E-state index contributed by atoms with van der Waals surface area (Å²) >= 11 is 9.95. The van der Waals surface area contributed by atoms with Crippen molar-refractivity contribution in [3.05, 3.63) is 226 Å². The number of benzene rings is 10. The summed E-state index contributed by atoms with van der Waals surface area (Å²) in [7, 11) is 0. The first-order chi connectivity index (χ1) is 36.5. The third kappa shape index (κ3) is 9.83. The number of hydrogen-bond acceptors (Lipinski definition) is 3. The van der Waals surface area contributed by atoms with Gasteiger partial charge in [-0.2, -0.15) is 0 Å². The van der Waals surface area contributed by atoms with Crippen LogP contribution in [0.4, 0.5) is 34.1 Å². The Balaban J connectivity index is 1.12. The Morgan fingerprint density at radius 2 is 0.779 bits per heavy atom. The lowest BCUT2D eigenvalue weighted by Crippen LogP contribution is -2.16. The van der Waals surface area contributed by atoms with Gasteiger partial charge in [-0.15, -0.1) is 11.3 Å². The third-order valence-corrected chi connectivity index (χ3v) is 17.1. The summed E-state index contributed by atoms with van der Waals surface area (Å²) in [5.74, 6) is 0. The molecule has 10 aromatic carbocycles. The second-order valence-corrected chi connectivity index (χ2v) is 26.6. The molecular formula is C73H71ClN2S. The van der Waals surface area contributed by atoms with E-state index in [2.05, 4.69) is 293 Å². The van der Waals surface area contributed by atoms with Gasteiger partial charge in [-0.05, 0) is 172 Å². The maximum absolute atomic E-state index is 8.17. The Bertz CT molecular complexity index is 3970. The summed E-state index contributed by atoms with van der Waals surface area (Å²) in [6.45, 7) is 29.7. The zero-order chi connectivity index (χ0) is 54.3. The van der Waals surface area contributed by atoms with Crippen LogP contribution in [0.1, 0.15) is 111 Å². The van der Waals surface area contributed by atoms with Crippen LogP contribution in [-0.2, 0) is 21.7 Å². The van der Waals surface area contributed by atoms with E-state index in [1.807, 2.05) is 0 Å². The molecule has 1 heterocycles. The largest absolute Gasteiger partial charge is 0.309 e. The van der Waals surface area contributed by atoms with E-state index in [-0.39, 0.29) is 21.7 Å². The van der Waals surface area contributed by atoms with Crippen molar-refractivity contribution in [1.29, 1.82) is 0 Å². The normalized spacial score (nSPS) is 12.5. The molecule has 77 heavy (non-hydrogen) atoms. The smallest absolute Gasteiger partial charge is 0.0887 e. The molecule has 0 bridgehead atoms. The summed E-state index contributed by atoms with van der Waals surface area (Å²) < 4.78 is 1.24. The van der Waals surface area contributed by atoms with E-state index in [1.54, 1.807) is 11.3 Å². The highest BCUT2D eigenvalue weighted by Crippen LogP contribution is 2.51. The maximum atomic E-state index is 8.17. The maximum Gasteiger partial charge on any atom is 0.0887 e. The van der Waals surface area contributed by atoms with Gasteiger partial charge >= 0.3 is 0 Å². The van der Waals surface area contributed by atoms with Gasteiger partial charge in [0.05, 0.1) is 22.1 Å². The number of fused-ring (bicyclic) bond motifs is 7. The summed E-state index contributed by atoms with van der Waals surface area (Å²) in [4.78, 5) is 4.76. The average molecular weight is 1040 g/mol. The fourth-order valence-electron chi connectivity index (χ4n) is 11.0. The van der Waals surface area contributed by atoms with Crippen molar-refractivity contribution >= 4 is 99.5 Å². The Morgan fingerprint density at radius 1 is 0.325 bits per heavy atom. The first-order valence-electron chi connectivity index (χ1n) is 27.2. The van der Waals surface area contributed by atoms with Crippen molar-refractivity contribution in [2.24, 2.45) is 0 Å². The molecule has 0 aliphatic heterocycles. The van der Waals surface area contributed by atoms with Gasteiger partial charge in [-0.25, -0.2) is 0 Å². The molecule has 11 rings (SSSR count). The standard InChI is InChI=1S/C73H71ClN2S/c1-46-25-26-49(48-29-37-61-59-21-15-14-19-57(59)58-20-16-17-22-60(58)62(61)41-48)42-66(46)75(55-33-27-47(28-34-55)50-39-53(72(8,9)10)43-54(40-50)73(11,12)13)64-23-18-24-65(69(64)74)76(56-35-30-51(31-36-56)70(2,3)4)67-45-77-68-38-32-52(44-63(67)68)71(5,6)7/h14-45H,1-13H3. The van der Waals surface area contributed by atoms with Crippen molar-refractivity contribution in [2.75, 3.05) is 9.80 Å². The second kappa shape index (κ2) is 19.4. The Hall–Kier alpha value is -7.17. The van der Waals surface area contributed by atoms with Gasteiger partial charge < -0.3 is 9.80 Å².